The molecule has 0 saturated carbocycles. The van der Waals surface area contributed by atoms with E-state index in [1.54, 1.807) is 13.8 Å². The van der Waals surface area contributed by atoms with Crippen molar-refractivity contribution >= 4 is 5.69 Å². The van der Waals surface area contributed by atoms with Crippen molar-refractivity contribution in [1.29, 1.82) is 5.26 Å². The van der Waals surface area contributed by atoms with Gasteiger partial charge in [-0.3, -0.25) is 0 Å². The molecule has 1 aromatic rings. The normalized spacial score (nSPS) is 14.6. The number of nitrogens with one attached hydrogen (secondary N) is 1. The van der Waals surface area contributed by atoms with Crippen LogP contribution < -0.4 is 5.32 Å². The van der Waals surface area contributed by atoms with Crippen molar-refractivity contribution in [2.75, 3.05) is 11.9 Å². The molecule has 0 bridgehead atoms. The Morgan fingerprint density at radius 1 is 1.37 bits per heavy atom. The molecule has 0 saturated heterocycles. The van der Waals surface area contributed by atoms with E-state index in [1.165, 1.54) is 12.1 Å². The van der Waals surface area contributed by atoms with Gasteiger partial charge in [0.25, 0.3) is 0 Å². The minimum atomic E-state index is -4.57. The molecule has 0 aliphatic heterocycles. The maximum absolute atomic E-state index is 12.7. The van der Waals surface area contributed by atoms with E-state index in [-0.39, 0.29) is 12.2 Å². The lowest BCUT2D eigenvalue weighted by Crippen LogP contribution is -2.32. The number of hydrogen-bond donors (Lipinski definition) is 2. The zero-order valence-electron chi connectivity index (χ0n) is 10.7. The van der Waals surface area contributed by atoms with Crippen LogP contribution in [-0.2, 0) is 6.18 Å². The van der Waals surface area contributed by atoms with Gasteiger partial charge in [-0.25, -0.2) is 0 Å². The van der Waals surface area contributed by atoms with E-state index in [4.69, 9.17) is 5.26 Å². The number of benzene rings is 1. The Labute approximate surface area is 109 Å². The molecule has 0 aromatic heterocycles. The highest BCUT2D eigenvalue weighted by Gasteiger charge is 2.33. The number of nitriles is 1. The van der Waals surface area contributed by atoms with E-state index < -0.39 is 22.9 Å². The van der Waals surface area contributed by atoms with Crippen LogP contribution in [0.2, 0.25) is 0 Å². The number of nitrogens with zero attached hydrogens (tertiary/aromatic N) is 1. The van der Waals surface area contributed by atoms with Gasteiger partial charge < -0.3 is 10.4 Å². The van der Waals surface area contributed by atoms with Crippen LogP contribution in [0.4, 0.5) is 18.9 Å². The summed E-state index contributed by atoms with van der Waals surface area (Å²) in [5.41, 5.74) is -2.16. The van der Waals surface area contributed by atoms with Gasteiger partial charge in [-0.1, -0.05) is 6.92 Å². The van der Waals surface area contributed by atoms with Gasteiger partial charge in [0.1, 0.15) is 0 Å². The van der Waals surface area contributed by atoms with Gasteiger partial charge in [0.2, 0.25) is 0 Å². The highest BCUT2D eigenvalue weighted by atomic mass is 19.4. The quantitative estimate of drug-likeness (QED) is 0.885. The molecule has 1 atom stereocenters. The van der Waals surface area contributed by atoms with Gasteiger partial charge in [0, 0.05) is 12.2 Å². The van der Waals surface area contributed by atoms with E-state index in [0.717, 1.165) is 12.1 Å². The van der Waals surface area contributed by atoms with E-state index >= 15 is 0 Å². The summed E-state index contributed by atoms with van der Waals surface area (Å²) >= 11 is 0. The molecule has 0 spiro atoms. The summed E-state index contributed by atoms with van der Waals surface area (Å²) in [7, 11) is 0. The first-order chi connectivity index (χ1) is 8.69. The molecule has 6 heteroatoms. The molecule has 0 radical (unpaired) electrons. The molecule has 104 valence electrons. The number of anilines is 1. The lowest BCUT2D eigenvalue weighted by Gasteiger charge is -2.22. The summed E-state index contributed by atoms with van der Waals surface area (Å²) in [6.07, 6.45) is -4.10. The van der Waals surface area contributed by atoms with E-state index in [2.05, 4.69) is 5.32 Å². The smallest absolute Gasteiger partial charge is 0.388 e. The average molecular weight is 272 g/mol. The fourth-order valence-corrected chi connectivity index (χ4v) is 1.40. The Bertz CT molecular complexity index is 490. The molecule has 3 nitrogen and oxygen atoms in total. The standard InChI is InChI=1S/C13H15F3N2O/c1-3-12(2,19)8-18-10-5-4-9(7-17)11(6-10)13(14,15)16/h4-6,18-19H,3,8H2,1-2H3. The maximum Gasteiger partial charge on any atom is 0.417 e. The Kier molecular flexibility index (Phi) is 4.43. The molecule has 1 aromatic carbocycles. The van der Waals surface area contributed by atoms with Gasteiger partial charge in [0.15, 0.2) is 0 Å². The second-order valence-corrected chi connectivity index (χ2v) is 4.57. The molecule has 0 aliphatic carbocycles. The van der Waals surface area contributed by atoms with Crippen LogP contribution in [0.1, 0.15) is 31.4 Å². The Morgan fingerprint density at radius 2 is 2.00 bits per heavy atom. The third-order valence-corrected chi connectivity index (χ3v) is 2.88. The van der Waals surface area contributed by atoms with Crippen molar-refractivity contribution < 1.29 is 18.3 Å². The van der Waals surface area contributed by atoms with E-state index in [1.807, 2.05) is 0 Å². The topological polar surface area (TPSA) is 56.0 Å². The van der Waals surface area contributed by atoms with Crippen LogP contribution in [0.25, 0.3) is 0 Å². The number of aliphatic hydroxyl groups is 1. The molecule has 2 N–H and O–H groups in total. The monoisotopic (exact) mass is 272 g/mol. The minimum Gasteiger partial charge on any atom is -0.388 e. The molecule has 1 rings (SSSR count). The third-order valence-electron chi connectivity index (χ3n) is 2.88. The molecule has 0 aliphatic rings. The van der Waals surface area contributed by atoms with E-state index in [0.29, 0.717) is 6.42 Å². The second-order valence-electron chi connectivity index (χ2n) is 4.57. The first-order valence-electron chi connectivity index (χ1n) is 5.77. The number of rotatable bonds is 4. The van der Waals surface area contributed by atoms with Crippen molar-refractivity contribution in [1.82, 2.24) is 0 Å². The summed E-state index contributed by atoms with van der Waals surface area (Å²) < 4.78 is 38.2. The predicted molar refractivity (Wildman–Crippen MR) is 65.6 cm³/mol. The van der Waals surface area contributed by atoms with Crippen molar-refractivity contribution in [3.8, 4) is 6.07 Å². The van der Waals surface area contributed by atoms with Crippen molar-refractivity contribution in [3.05, 3.63) is 29.3 Å². The number of alkyl halides is 3. The third kappa shape index (κ3) is 4.14. The predicted octanol–water partition coefficient (Wildman–Crippen LogP) is 3.15. The van der Waals surface area contributed by atoms with Gasteiger partial charge in [-0.2, -0.15) is 18.4 Å². The van der Waals surface area contributed by atoms with Crippen molar-refractivity contribution in [2.24, 2.45) is 0 Å². The van der Waals surface area contributed by atoms with Gasteiger partial charge in [-0.05, 0) is 31.5 Å². The van der Waals surface area contributed by atoms with Crippen molar-refractivity contribution in [3.63, 3.8) is 0 Å². The van der Waals surface area contributed by atoms with Crippen LogP contribution in [-0.4, -0.2) is 17.3 Å². The van der Waals surface area contributed by atoms with Crippen LogP contribution in [0.5, 0.6) is 0 Å². The summed E-state index contributed by atoms with van der Waals surface area (Å²) in [6.45, 7) is 3.50. The van der Waals surface area contributed by atoms with Crippen LogP contribution in [0, 0.1) is 11.3 Å². The molecular formula is C13H15F3N2O. The first kappa shape index (κ1) is 15.3. The minimum absolute atomic E-state index is 0.132. The Balaban J connectivity index is 2.98. The first-order valence-corrected chi connectivity index (χ1v) is 5.77. The fourth-order valence-electron chi connectivity index (χ4n) is 1.40. The highest BCUT2D eigenvalue weighted by molar-refractivity contribution is 5.53. The lowest BCUT2D eigenvalue weighted by molar-refractivity contribution is -0.137. The van der Waals surface area contributed by atoms with Gasteiger partial charge in [0.05, 0.1) is 22.8 Å². The summed E-state index contributed by atoms with van der Waals surface area (Å²) in [5.74, 6) is 0. The Hall–Kier alpha value is -1.74. The highest BCUT2D eigenvalue weighted by Crippen LogP contribution is 2.33. The zero-order valence-corrected chi connectivity index (χ0v) is 10.7. The molecule has 1 unspecified atom stereocenters. The number of halogens is 3. The summed E-state index contributed by atoms with van der Waals surface area (Å²) in [4.78, 5) is 0. The van der Waals surface area contributed by atoms with Crippen molar-refractivity contribution in [2.45, 2.75) is 32.0 Å². The van der Waals surface area contributed by atoms with Crippen LogP contribution in [0.15, 0.2) is 18.2 Å². The summed E-state index contributed by atoms with van der Waals surface area (Å²) in [5, 5.41) is 21.2. The van der Waals surface area contributed by atoms with Gasteiger partial charge >= 0.3 is 6.18 Å². The molecule has 19 heavy (non-hydrogen) atoms. The SMILES string of the molecule is CCC(C)(O)CNc1ccc(C#N)c(C(F)(F)F)c1. The summed E-state index contributed by atoms with van der Waals surface area (Å²) in [6, 6.07) is 4.90. The zero-order chi connectivity index (χ0) is 14.7. The van der Waals surface area contributed by atoms with Crippen LogP contribution in [0.3, 0.4) is 0 Å². The molecule has 0 amide bonds. The largest absolute Gasteiger partial charge is 0.417 e. The average Bonchev–Trinajstić information content (AvgIpc) is 2.35. The van der Waals surface area contributed by atoms with Crippen LogP contribution >= 0.6 is 0 Å². The molecule has 0 heterocycles. The molecule has 0 fully saturated rings. The number of hydrogen-bond acceptors (Lipinski definition) is 3. The Morgan fingerprint density at radius 3 is 2.47 bits per heavy atom. The fraction of sp³-hybridized carbons (Fsp3) is 0.462. The molecular weight excluding hydrogens is 257 g/mol. The maximum atomic E-state index is 12.7. The second kappa shape index (κ2) is 5.49. The van der Waals surface area contributed by atoms with Gasteiger partial charge in [-0.15, -0.1) is 0 Å². The lowest BCUT2D eigenvalue weighted by atomic mass is 10.0. The van der Waals surface area contributed by atoms with E-state index in [9.17, 15) is 18.3 Å².